The highest BCUT2D eigenvalue weighted by molar-refractivity contribution is 7.16. The molecule has 2 nitrogen and oxygen atoms in total. The first kappa shape index (κ1) is 15.7. The predicted octanol–water partition coefficient (Wildman–Crippen LogP) is 4.93. The van der Waals surface area contributed by atoms with Crippen molar-refractivity contribution >= 4 is 28.6 Å². The molecule has 2 aromatic rings. The number of hydrogen-bond donors (Lipinski definition) is 0. The smallest absolute Gasteiger partial charge is 0.368 e. The van der Waals surface area contributed by atoms with Crippen LogP contribution in [-0.4, -0.2) is 7.05 Å². The van der Waals surface area contributed by atoms with Gasteiger partial charge in [-0.3, -0.25) is 0 Å². The Kier molecular flexibility index (Phi) is 4.45. The molecule has 0 N–H and O–H groups in total. The summed E-state index contributed by atoms with van der Waals surface area (Å²) in [5.41, 5.74) is -0.375. The fraction of sp³-hybridized carbons (Fsp3) is 0.214. The number of nitrogens with zero attached hydrogens (tertiary/aromatic N) is 2. The first-order valence-electron chi connectivity index (χ1n) is 5.88. The van der Waals surface area contributed by atoms with Crippen molar-refractivity contribution in [2.75, 3.05) is 11.9 Å². The van der Waals surface area contributed by atoms with Crippen LogP contribution in [0.5, 0.6) is 0 Å². The third kappa shape index (κ3) is 3.69. The molecule has 0 saturated heterocycles. The predicted molar refractivity (Wildman–Crippen MR) is 77.6 cm³/mol. The third-order valence-corrected chi connectivity index (χ3v) is 4.09. The van der Waals surface area contributed by atoms with Gasteiger partial charge >= 0.3 is 6.18 Å². The summed E-state index contributed by atoms with van der Waals surface area (Å²) < 4.78 is 38.6. The van der Waals surface area contributed by atoms with E-state index in [4.69, 9.17) is 16.9 Å². The standard InChI is InChI=1S/C14H10ClF3N2S/c1-20(8-11-3-5-13(15)21-11)12-4-2-10(14(16,17)18)6-9(12)7-19/h2-6H,8H2,1H3. The fourth-order valence-electron chi connectivity index (χ4n) is 1.89. The number of alkyl halides is 3. The van der Waals surface area contributed by atoms with Crippen LogP contribution < -0.4 is 4.90 Å². The van der Waals surface area contributed by atoms with Gasteiger partial charge in [-0.05, 0) is 30.3 Å². The van der Waals surface area contributed by atoms with E-state index in [0.717, 1.165) is 17.0 Å². The molecule has 0 aliphatic heterocycles. The van der Waals surface area contributed by atoms with E-state index in [1.54, 1.807) is 18.0 Å². The summed E-state index contributed by atoms with van der Waals surface area (Å²) in [7, 11) is 1.72. The molecular weight excluding hydrogens is 321 g/mol. The van der Waals surface area contributed by atoms with Crippen molar-refractivity contribution in [2.24, 2.45) is 0 Å². The zero-order chi connectivity index (χ0) is 15.6. The van der Waals surface area contributed by atoms with Crippen LogP contribution in [0.15, 0.2) is 30.3 Å². The molecule has 0 spiro atoms. The van der Waals surface area contributed by atoms with Gasteiger partial charge in [0.25, 0.3) is 0 Å². The summed E-state index contributed by atoms with van der Waals surface area (Å²) in [5, 5.41) is 9.07. The number of benzene rings is 1. The lowest BCUT2D eigenvalue weighted by Gasteiger charge is -2.20. The van der Waals surface area contributed by atoms with Gasteiger partial charge in [0.15, 0.2) is 0 Å². The molecule has 2 rings (SSSR count). The summed E-state index contributed by atoms with van der Waals surface area (Å²) >= 11 is 7.23. The number of anilines is 1. The van der Waals surface area contributed by atoms with Crippen LogP contribution in [0.3, 0.4) is 0 Å². The first-order chi connectivity index (χ1) is 9.81. The van der Waals surface area contributed by atoms with Crippen LogP contribution in [0.2, 0.25) is 4.34 Å². The number of rotatable bonds is 3. The fourth-order valence-corrected chi connectivity index (χ4v) is 3.03. The Labute approximate surface area is 129 Å². The molecule has 0 amide bonds. The second kappa shape index (κ2) is 5.96. The molecule has 21 heavy (non-hydrogen) atoms. The molecule has 110 valence electrons. The van der Waals surface area contributed by atoms with Crippen molar-refractivity contribution in [3.05, 3.63) is 50.7 Å². The van der Waals surface area contributed by atoms with Gasteiger partial charge in [-0.2, -0.15) is 18.4 Å². The van der Waals surface area contributed by atoms with Crippen LogP contribution in [-0.2, 0) is 12.7 Å². The van der Waals surface area contributed by atoms with E-state index in [0.29, 0.717) is 16.6 Å². The number of thiophene rings is 1. The van der Waals surface area contributed by atoms with Crippen LogP contribution in [0.1, 0.15) is 16.0 Å². The highest BCUT2D eigenvalue weighted by atomic mass is 35.5. The molecule has 7 heteroatoms. The van der Waals surface area contributed by atoms with Crippen molar-refractivity contribution in [3.8, 4) is 6.07 Å². The minimum absolute atomic E-state index is 0.00465. The van der Waals surface area contributed by atoms with E-state index in [2.05, 4.69) is 0 Å². The van der Waals surface area contributed by atoms with Gasteiger partial charge in [0.05, 0.1) is 27.7 Å². The molecule has 0 aliphatic carbocycles. The third-order valence-electron chi connectivity index (χ3n) is 2.88. The molecular formula is C14H10ClF3N2S. The topological polar surface area (TPSA) is 27.0 Å². The van der Waals surface area contributed by atoms with E-state index in [-0.39, 0.29) is 5.56 Å². The van der Waals surface area contributed by atoms with Gasteiger partial charge in [0.1, 0.15) is 6.07 Å². The molecule has 1 aromatic carbocycles. The summed E-state index contributed by atoms with van der Waals surface area (Å²) in [6.07, 6.45) is -4.45. The van der Waals surface area contributed by atoms with Gasteiger partial charge in [-0.25, -0.2) is 0 Å². The highest BCUT2D eigenvalue weighted by Crippen LogP contribution is 2.33. The largest absolute Gasteiger partial charge is 0.416 e. The maximum Gasteiger partial charge on any atom is 0.416 e. The monoisotopic (exact) mass is 330 g/mol. The van der Waals surface area contributed by atoms with E-state index < -0.39 is 11.7 Å². The average molecular weight is 331 g/mol. The van der Waals surface area contributed by atoms with Crippen LogP contribution in [0, 0.1) is 11.3 Å². The molecule has 0 bridgehead atoms. The van der Waals surface area contributed by atoms with Crippen molar-refractivity contribution in [1.82, 2.24) is 0 Å². The molecule has 0 radical (unpaired) electrons. The Hall–Kier alpha value is -1.71. The number of halogens is 4. The molecule has 1 heterocycles. The highest BCUT2D eigenvalue weighted by Gasteiger charge is 2.31. The zero-order valence-corrected chi connectivity index (χ0v) is 12.5. The van der Waals surface area contributed by atoms with E-state index in [9.17, 15) is 13.2 Å². The molecule has 0 unspecified atom stereocenters. The van der Waals surface area contributed by atoms with Crippen LogP contribution >= 0.6 is 22.9 Å². The molecule has 0 fully saturated rings. The van der Waals surface area contributed by atoms with E-state index >= 15 is 0 Å². The maximum atomic E-state index is 12.7. The van der Waals surface area contributed by atoms with Gasteiger partial charge in [0.2, 0.25) is 0 Å². The van der Waals surface area contributed by atoms with Gasteiger partial charge in [-0.15, -0.1) is 11.3 Å². The quantitative estimate of drug-likeness (QED) is 0.798. The minimum Gasteiger partial charge on any atom is -0.368 e. The molecule has 1 aromatic heterocycles. The molecule has 0 aliphatic rings. The summed E-state index contributed by atoms with van der Waals surface area (Å²) in [6, 6.07) is 8.58. The average Bonchev–Trinajstić information content (AvgIpc) is 2.82. The van der Waals surface area contributed by atoms with Crippen LogP contribution in [0.4, 0.5) is 18.9 Å². The lowest BCUT2D eigenvalue weighted by atomic mass is 10.1. The molecule has 0 atom stereocenters. The van der Waals surface area contributed by atoms with Gasteiger partial charge in [0, 0.05) is 11.9 Å². The summed E-state index contributed by atoms with van der Waals surface area (Å²) in [5.74, 6) is 0. The SMILES string of the molecule is CN(Cc1ccc(Cl)s1)c1ccc(C(F)(F)F)cc1C#N. The Morgan fingerprint density at radius 1 is 1.29 bits per heavy atom. The lowest BCUT2D eigenvalue weighted by molar-refractivity contribution is -0.137. The Morgan fingerprint density at radius 3 is 2.52 bits per heavy atom. The summed E-state index contributed by atoms with van der Waals surface area (Å²) in [4.78, 5) is 2.69. The van der Waals surface area contributed by atoms with Crippen molar-refractivity contribution in [1.29, 1.82) is 5.26 Å². The minimum atomic E-state index is -4.45. The van der Waals surface area contributed by atoms with Crippen molar-refractivity contribution in [2.45, 2.75) is 12.7 Å². The Bertz CT molecular complexity index is 688. The maximum absolute atomic E-state index is 12.7. The van der Waals surface area contributed by atoms with E-state index in [1.807, 2.05) is 12.1 Å². The molecule has 0 saturated carbocycles. The van der Waals surface area contributed by atoms with Crippen molar-refractivity contribution in [3.63, 3.8) is 0 Å². The second-order valence-corrected chi connectivity index (χ2v) is 6.20. The summed E-state index contributed by atoms with van der Waals surface area (Å²) in [6.45, 7) is 0.470. The van der Waals surface area contributed by atoms with Gasteiger partial charge in [-0.1, -0.05) is 11.6 Å². The number of hydrogen-bond acceptors (Lipinski definition) is 3. The van der Waals surface area contributed by atoms with Crippen LogP contribution in [0.25, 0.3) is 0 Å². The lowest BCUT2D eigenvalue weighted by Crippen LogP contribution is -2.17. The Morgan fingerprint density at radius 2 is 2.00 bits per heavy atom. The normalized spacial score (nSPS) is 11.2. The van der Waals surface area contributed by atoms with Gasteiger partial charge < -0.3 is 4.90 Å². The van der Waals surface area contributed by atoms with Crippen molar-refractivity contribution < 1.29 is 13.2 Å². The number of nitriles is 1. The first-order valence-corrected chi connectivity index (χ1v) is 7.07. The van der Waals surface area contributed by atoms with E-state index in [1.165, 1.54) is 17.4 Å². The Balaban J connectivity index is 2.29. The zero-order valence-electron chi connectivity index (χ0n) is 10.9. The second-order valence-electron chi connectivity index (χ2n) is 4.40.